The van der Waals surface area contributed by atoms with Gasteiger partial charge in [-0.05, 0) is 56.1 Å². The minimum atomic E-state index is 0.782. The lowest BCUT2D eigenvalue weighted by atomic mass is 9.98. The Morgan fingerprint density at radius 2 is 1.89 bits per heavy atom. The summed E-state index contributed by atoms with van der Waals surface area (Å²) in [7, 11) is 3.33. The van der Waals surface area contributed by atoms with Crippen LogP contribution in [0.3, 0.4) is 0 Å². The van der Waals surface area contributed by atoms with Crippen molar-refractivity contribution in [3.63, 3.8) is 0 Å². The van der Waals surface area contributed by atoms with Gasteiger partial charge in [0.1, 0.15) is 0 Å². The van der Waals surface area contributed by atoms with Gasteiger partial charge in [-0.3, -0.25) is 0 Å². The smallest absolute Gasteiger partial charge is 0.161 e. The van der Waals surface area contributed by atoms with Crippen molar-refractivity contribution in [3.05, 3.63) is 23.8 Å². The van der Waals surface area contributed by atoms with E-state index < -0.39 is 0 Å². The molecule has 1 aromatic rings. The molecular weight excluding hydrogens is 240 g/mol. The van der Waals surface area contributed by atoms with E-state index in [2.05, 4.69) is 16.7 Å². The maximum absolute atomic E-state index is 5.31. The van der Waals surface area contributed by atoms with Crippen LogP contribution in [-0.4, -0.2) is 33.9 Å². The normalized spacial score (nSPS) is 16.3. The second kappa shape index (κ2) is 7.36. The van der Waals surface area contributed by atoms with Gasteiger partial charge in [-0.1, -0.05) is 6.07 Å². The summed E-state index contributed by atoms with van der Waals surface area (Å²) in [6.45, 7) is 4.28. The maximum atomic E-state index is 5.31. The van der Waals surface area contributed by atoms with E-state index in [1.807, 2.05) is 12.1 Å². The largest absolute Gasteiger partial charge is 0.493 e. The van der Waals surface area contributed by atoms with Gasteiger partial charge in [0.05, 0.1) is 14.2 Å². The van der Waals surface area contributed by atoms with Gasteiger partial charge < -0.3 is 20.1 Å². The van der Waals surface area contributed by atoms with Crippen molar-refractivity contribution in [1.82, 2.24) is 10.6 Å². The second-order valence-corrected chi connectivity index (χ2v) is 5.01. The number of piperidine rings is 1. The van der Waals surface area contributed by atoms with Crippen LogP contribution >= 0.6 is 0 Å². The molecule has 0 amide bonds. The highest BCUT2D eigenvalue weighted by Crippen LogP contribution is 2.27. The molecule has 0 radical (unpaired) electrons. The Labute approximate surface area is 115 Å². The van der Waals surface area contributed by atoms with E-state index in [0.29, 0.717) is 0 Å². The molecule has 0 unspecified atom stereocenters. The zero-order valence-electron chi connectivity index (χ0n) is 11.9. The van der Waals surface area contributed by atoms with Crippen LogP contribution in [0.25, 0.3) is 0 Å². The van der Waals surface area contributed by atoms with Gasteiger partial charge in [-0.2, -0.15) is 0 Å². The molecule has 0 atom stereocenters. The van der Waals surface area contributed by atoms with Crippen molar-refractivity contribution in [2.75, 3.05) is 33.9 Å². The van der Waals surface area contributed by atoms with Gasteiger partial charge in [-0.25, -0.2) is 0 Å². The molecule has 1 saturated heterocycles. The third-order valence-corrected chi connectivity index (χ3v) is 3.67. The van der Waals surface area contributed by atoms with Crippen molar-refractivity contribution in [1.29, 1.82) is 0 Å². The fourth-order valence-electron chi connectivity index (χ4n) is 2.50. The average molecular weight is 264 g/mol. The molecule has 1 aliphatic rings. The summed E-state index contributed by atoms with van der Waals surface area (Å²) in [4.78, 5) is 0. The Morgan fingerprint density at radius 3 is 2.58 bits per heavy atom. The highest BCUT2D eigenvalue weighted by atomic mass is 16.5. The van der Waals surface area contributed by atoms with E-state index in [9.17, 15) is 0 Å². The predicted octanol–water partition coefficient (Wildman–Crippen LogP) is 1.79. The lowest BCUT2D eigenvalue weighted by Crippen LogP contribution is -2.33. The first kappa shape index (κ1) is 14.2. The quantitative estimate of drug-likeness (QED) is 0.822. The molecule has 0 bridgehead atoms. The average Bonchev–Trinajstić information content (AvgIpc) is 2.48. The van der Waals surface area contributed by atoms with Crippen LogP contribution in [0.1, 0.15) is 18.4 Å². The van der Waals surface area contributed by atoms with Crippen molar-refractivity contribution < 1.29 is 9.47 Å². The summed E-state index contributed by atoms with van der Waals surface area (Å²) < 4.78 is 10.6. The van der Waals surface area contributed by atoms with Crippen LogP contribution < -0.4 is 20.1 Å². The van der Waals surface area contributed by atoms with Gasteiger partial charge in [0.2, 0.25) is 0 Å². The first-order chi connectivity index (χ1) is 9.33. The van der Waals surface area contributed by atoms with E-state index in [1.165, 1.54) is 18.4 Å². The van der Waals surface area contributed by atoms with Gasteiger partial charge in [0.25, 0.3) is 0 Å². The maximum Gasteiger partial charge on any atom is 0.161 e. The fraction of sp³-hybridized carbons (Fsp3) is 0.600. The molecule has 4 heteroatoms. The van der Waals surface area contributed by atoms with E-state index in [0.717, 1.165) is 43.6 Å². The molecule has 2 rings (SSSR count). The Kier molecular flexibility index (Phi) is 5.48. The van der Waals surface area contributed by atoms with Crippen LogP contribution in [0.5, 0.6) is 11.5 Å². The third kappa shape index (κ3) is 4.11. The summed E-state index contributed by atoms with van der Waals surface area (Å²) in [5.74, 6) is 2.38. The Hall–Kier alpha value is -1.26. The molecule has 1 aliphatic heterocycles. The summed E-state index contributed by atoms with van der Waals surface area (Å²) in [6, 6.07) is 6.07. The zero-order chi connectivity index (χ0) is 13.5. The number of hydrogen-bond acceptors (Lipinski definition) is 4. The molecular formula is C15H24N2O2. The summed E-state index contributed by atoms with van der Waals surface area (Å²) in [5, 5.41) is 6.93. The Balaban J connectivity index is 1.81. The SMILES string of the molecule is COc1ccc(CNCC2CCNCC2)cc1OC. The molecule has 0 spiro atoms. The molecule has 2 N–H and O–H groups in total. The fourth-order valence-corrected chi connectivity index (χ4v) is 2.50. The van der Waals surface area contributed by atoms with Gasteiger partial charge >= 0.3 is 0 Å². The standard InChI is InChI=1S/C15H24N2O2/c1-18-14-4-3-13(9-15(14)19-2)11-17-10-12-5-7-16-8-6-12/h3-4,9,12,16-17H,5-8,10-11H2,1-2H3. The van der Waals surface area contributed by atoms with Crippen LogP contribution in [0.2, 0.25) is 0 Å². The third-order valence-electron chi connectivity index (χ3n) is 3.67. The lowest BCUT2D eigenvalue weighted by Gasteiger charge is -2.22. The highest BCUT2D eigenvalue weighted by Gasteiger charge is 2.12. The Bertz CT molecular complexity index is 390. The summed E-state index contributed by atoms with van der Waals surface area (Å²) in [5.41, 5.74) is 1.23. The van der Waals surface area contributed by atoms with E-state index in [1.54, 1.807) is 14.2 Å². The first-order valence-electron chi connectivity index (χ1n) is 6.96. The van der Waals surface area contributed by atoms with Crippen molar-refractivity contribution in [2.45, 2.75) is 19.4 Å². The molecule has 1 fully saturated rings. The number of nitrogens with one attached hydrogen (secondary N) is 2. The van der Waals surface area contributed by atoms with E-state index in [-0.39, 0.29) is 0 Å². The van der Waals surface area contributed by atoms with E-state index >= 15 is 0 Å². The van der Waals surface area contributed by atoms with Crippen LogP contribution in [0, 0.1) is 5.92 Å². The highest BCUT2D eigenvalue weighted by molar-refractivity contribution is 5.42. The number of rotatable bonds is 6. The van der Waals surface area contributed by atoms with Crippen LogP contribution in [-0.2, 0) is 6.54 Å². The molecule has 0 saturated carbocycles. The number of benzene rings is 1. The number of methoxy groups -OCH3 is 2. The zero-order valence-corrected chi connectivity index (χ0v) is 11.9. The van der Waals surface area contributed by atoms with Gasteiger partial charge in [0, 0.05) is 6.54 Å². The molecule has 106 valence electrons. The van der Waals surface area contributed by atoms with Crippen LogP contribution in [0.4, 0.5) is 0 Å². The molecule has 1 aromatic carbocycles. The predicted molar refractivity (Wildman–Crippen MR) is 76.8 cm³/mol. The van der Waals surface area contributed by atoms with E-state index in [4.69, 9.17) is 9.47 Å². The van der Waals surface area contributed by atoms with Gasteiger partial charge in [0.15, 0.2) is 11.5 Å². The summed E-state index contributed by atoms with van der Waals surface area (Å²) >= 11 is 0. The minimum absolute atomic E-state index is 0.782. The molecule has 0 aromatic heterocycles. The second-order valence-electron chi connectivity index (χ2n) is 5.01. The molecule has 4 nitrogen and oxygen atoms in total. The van der Waals surface area contributed by atoms with Crippen LogP contribution in [0.15, 0.2) is 18.2 Å². The minimum Gasteiger partial charge on any atom is -0.493 e. The monoisotopic (exact) mass is 264 g/mol. The Morgan fingerprint density at radius 1 is 1.16 bits per heavy atom. The van der Waals surface area contributed by atoms with Crippen molar-refractivity contribution in [3.8, 4) is 11.5 Å². The molecule has 19 heavy (non-hydrogen) atoms. The van der Waals surface area contributed by atoms with Crippen molar-refractivity contribution >= 4 is 0 Å². The molecule has 1 heterocycles. The number of ether oxygens (including phenoxy) is 2. The summed E-state index contributed by atoms with van der Waals surface area (Å²) in [6.07, 6.45) is 2.55. The first-order valence-corrected chi connectivity index (χ1v) is 6.96. The lowest BCUT2D eigenvalue weighted by molar-refractivity contribution is 0.351. The van der Waals surface area contributed by atoms with Gasteiger partial charge in [-0.15, -0.1) is 0 Å². The topological polar surface area (TPSA) is 42.5 Å². The number of hydrogen-bond donors (Lipinski definition) is 2. The molecule has 0 aliphatic carbocycles. The van der Waals surface area contributed by atoms with Crippen molar-refractivity contribution in [2.24, 2.45) is 5.92 Å².